The minimum atomic E-state index is 0.483. The molecule has 0 spiro atoms. The van der Waals surface area contributed by atoms with Gasteiger partial charge in [0.2, 0.25) is 0 Å². The normalized spacial score (nSPS) is 27.5. The first-order valence-corrected chi connectivity index (χ1v) is 6.76. The molecule has 2 atom stereocenters. The van der Waals surface area contributed by atoms with Gasteiger partial charge >= 0.3 is 0 Å². The van der Waals surface area contributed by atoms with Crippen LogP contribution in [0.4, 0.5) is 0 Å². The Kier molecular flexibility index (Phi) is 2.89. The standard InChI is InChI=1S/C14H18N2S/c15-14(17)12-4-1-10(2-5-12)8-16-9-11-3-6-13(16)7-11/h1-2,4-5,11,13H,3,6-9H2,(H2,15,17). The molecule has 1 aromatic carbocycles. The van der Waals surface area contributed by atoms with Crippen molar-refractivity contribution in [3.8, 4) is 0 Å². The Hall–Kier alpha value is -0.930. The van der Waals surface area contributed by atoms with Crippen molar-refractivity contribution in [2.75, 3.05) is 6.54 Å². The highest BCUT2D eigenvalue weighted by Gasteiger charge is 2.37. The molecule has 1 saturated heterocycles. The van der Waals surface area contributed by atoms with Gasteiger partial charge in [0.05, 0.1) is 0 Å². The van der Waals surface area contributed by atoms with E-state index in [4.69, 9.17) is 18.0 Å². The molecule has 17 heavy (non-hydrogen) atoms. The van der Waals surface area contributed by atoms with Gasteiger partial charge in [0.25, 0.3) is 0 Å². The molecule has 2 fully saturated rings. The van der Waals surface area contributed by atoms with Crippen LogP contribution in [0.1, 0.15) is 30.4 Å². The average molecular weight is 246 g/mol. The van der Waals surface area contributed by atoms with E-state index in [9.17, 15) is 0 Å². The van der Waals surface area contributed by atoms with Crippen molar-refractivity contribution in [3.05, 3.63) is 35.4 Å². The third-order valence-electron chi connectivity index (χ3n) is 4.15. The molecule has 0 amide bonds. The van der Waals surface area contributed by atoms with Crippen LogP contribution in [-0.4, -0.2) is 22.5 Å². The minimum Gasteiger partial charge on any atom is -0.389 e. The summed E-state index contributed by atoms with van der Waals surface area (Å²) in [6.45, 7) is 2.38. The maximum atomic E-state index is 5.60. The topological polar surface area (TPSA) is 29.3 Å². The monoisotopic (exact) mass is 246 g/mol. The van der Waals surface area contributed by atoms with Gasteiger partial charge in [-0.3, -0.25) is 4.90 Å². The first-order chi connectivity index (χ1) is 8.22. The first-order valence-electron chi connectivity index (χ1n) is 6.35. The molecule has 0 aromatic heterocycles. The number of hydrogen-bond donors (Lipinski definition) is 1. The molecular weight excluding hydrogens is 228 g/mol. The maximum Gasteiger partial charge on any atom is 0.103 e. The van der Waals surface area contributed by atoms with Crippen LogP contribution in [0.25, 0.3) is 0 Å². The van der Waals surface area contributed by atoms with Gasteiger partial charge < -0.3 is 5.73 Å². The molecule has 2 aliphatic rings. The van der Waals surface area contributed by atoms with Gasteiger partial charge in [-0.05, 0) is 30.7 Å². The van der Waals surface area contributed by atoms with E-state index < -0.39 is 0 Å². The van der Waals surface area contributed by atoms with Crippen LogP contribution < -0.4 is 5.73 Å². The number of thiocarbonyl (C=S) groups is 1. The summed E-state index contributed by atoms with van der Waals surface area (Å²) in [6, 6.07) is 9.22. The lowest BCUT2D eigenvalue weighted by atomic mass is 10.1. The van der Waals surface area contributed by atoms with E-state index >= 15 is 0 Å². The van der Waals surface area contributed by atoms with E-state index in [1.807, 2.05) is 12.1 Å². The predicted octanol–water partition coefficient (Wildman–Crippen LogP) is 2.31. The van der Waals surface area contributed by atoms with Gasteiger partial charge in [0, 0.05) is 24.7 Å². The number of fused-ring (bicyclic) bond motifs is 2. The maximum absolute atomic E-state index is 5.60. The number of nitrogens with two attached hydrogens (primary N) is 1. The molecular formula is C14H18N2S. The largest absolute Gasteiger partial charge is 0.389 e. The van der Waals surface area contributed by atoms with Crippen LogP contribution in [0.3, 0.4) is 0 Å². The third-order valence-corrected chi connectivity index (χ3v) is 4.38. The van der Waals surface area contributed by atoms with E-state index in [1.54, 1.807) is 0 Å². The van der Waals surface area contributed by atoms with Gasteiger partial charge in [-0.15, -0.1) is 0 Å². The van der Waals surface area contributed by atoms with Crippen molar-refractivity contribution in [2.45, 2.75) is 31.8 Å². The quantitative estimate of drug-likeness (QED) is 0.830. The fraction of sp³-hybridized carbons (Fsp3) is 0.500. The van der Waals surface area contributed by atoms with Gasteiger partial charge in [0.15, 0.2) is 0 Å². The Morgan fingerprint density at radius 3 is 2.59 bits per heavy atom. The van der Waals surface area contributed by atoms with E-state index in [2.05, 4.69) is 17.0 Å². The van der Waals surface area contributed by atoms with E-state index in [0.717, 1.165) is 24.1 Å². The van der Waals surface area contributed by atoms with Gasteiger partial charge in [-0.2, -0.15) is 0 Å². The van der Waals surface area contributed by atoms with E-state index in [0.29, 0.717) is 4.99 Å². The molecule has 2 N–H and O–H groups in total. The van der Waals surface area contributed by atoms with Crippen molar-refractivity contribution < 1.29 is 0 Å². The predicted molar refractivity (Wildman–Crippen MR) is 73.9 cm³/mol. The Morgan fingerprint density at radius 1 is 1.29 bits per heavy atom. The number of rotatable bonds is 3. The Balaban J connectivity index is 1.67. The number of benzene rings is 1. The summed E-state index contributed by atoms with van der Waals surface area (Å²) in [5, 5.41) is 0. The Bertz CT molecular complexity index is 426. The van der Waals surface area contributed by atoms with Gasteiger partial charge in [0.1, 0.15) is 4.99 Å². The van der Waals surface area contributed by atoms with Crippen LogP contribution >= 0.6 is 12.2 Å². The molecule has 1 aliphatic carbocycles. The summed E-state index contributed by atoms with van der Waals surface area (Å²) < 4.78 is 0. The molecule has 1 aromatic rings. The van der Waals surface area contributed by atoms with Crippen LogP contribution in [0.15, 0.2) is 24.3 Å². The zero-order chi connectivity index (χ0) is 11.8. The van der Waals surface area contributed by atoms with Crippen LogP contribution in [0.5, 0.6) is 0 Å². The highest BCUT2D eigenvalue weighted by Crippen LogP contribution is 2.37. The zero-order valence-electron chi connectivity index (χ0n) is 9.93. The second kappa shape index (κ2) is 4.39. The Labute approximate surface area is 108 Å². The fourth-order valence-electron chi connectivity index (χ4n) is 3.23. The van der Waals surface area contributed by atoms with Crippen molar-refractivity contribution in [1.82, 2.24) is 4.90 Å². The zero-order valence-corrected chi connectivity index (χ0v) is 10.7. The van der Waals surface area contributed by atoms with Crippen molar-refractivity contribution in [2.24, 2.45) is 11.7 Å². The molecule has 2 nitrogen and oxygen atoms in total. The SMILES string of the molecule is NC(=S)c1ccc(CN2CC3CCC2C3)cc1. The van der Waals surface area contributed by atoms with Crippen molar-refractivity contribution in [1.29, 1.82) is 0 Å². The summed E-state index contributed by atoms with van der Waals surface area (Å²) in [5.74, 6) is 0.968. The first kappa shape index (κ1) is 11.2. The summed E-state index contributed by atoms with van der Waals surface area (Å²) in [6.07, 6.45) is 4.27. The molecule has 3 heteroatoms. The average Bonchev–Trinajstić information content (AvgIpc) is 2.91. The second-order valence-corrected chi connectivity index (χ2v) is 5.76. The number of nitrogens with zero attached hydrogens (tertiary/aromatic N) is 1. The molecule has 3 rings (SSSR count). The number of likely N-dealkylation sites (tertiary alicyclic amines) is 1. The summed E-state index contributed by atoms with van der Waals surface area (Å²) in [4.78, 5) is 3.11. The highest BCUT2D eigenvalue weighted by atomic mass is 32.1. The van der Waals surface area contributed by atoms with Crippen LogP contribution in [0, 0.1) is 5.92 Å². The molecule has 90 valence electrons. The summed E-state index contributed by atoms with van der Waals surface area (Å²) >= 11 is 4.96. The second-order valence-electron chi connectivity index (χ2n) is 5.32. The van der Waals surface area contributed by atoms with Crippen LogP contribution in [0.2, 0.25) is 0 Å². The number of hydrogen-bond acceptors (Lipinski definition) is 2. The number of piperidine rings is 1. The van der Waals surface area contributed by atoms with Crippen LogP contribution in [-0.2, 0) is 6.54 Å². The van der Waals surface area contributed by atoms with E-state index in [1.165, 1.54) is 31.4 Å². The van der Waals surface area contributed by atoms with Gasteiger partial charge in [-0.1, -0.05) is 36.5 Å². The smallest absolute Gasteiger partial charge is 0.103 e. The Morgan fingerprint density at radius 2 is 2.06 bits per heavy atom. The molecule has 2 bridgehead atoms. The van der Waals surface area contributed by atoms with Gasteiger partial charge in [-0.25, -0.2) is 0 Å². The lowest BCUT2D eigenvalue weighted by Gasteiger charge is -2.26. The molecule has 1 heterocycles. The highest BCUT2D eigenvalue weighted by molar-refractivity contribution is 7.80. The molecule has 1 aliphatic heterocycles. The minimum absolute atomic E-state index is 0.483. The fourth-order valence-corrected chi connectivity index (χ4v) is 3.37. The third kappa shape index (κ3) is 2.22. The lowest BCUT2D eigenvalue weighted by Crippen LogP contribution is -2.31. The van der Waals surface area contributed by atoms with Crippen molar-refractivity contribution >= 4 is 17.2 Å². The van der Waals surface area contributed by atoms with Crippen molar-refractivity contribution in [3.63, 3.8) is 0 Å². The molecule has 2 unspecified atom stereocenters. The molecule has 0 radical (unpaired) electrons. The van der Waals surface area contributed by atoms with E-state index in [-0.39, 0.29) is 0 Å². The summed E-state index contributed by atoms with van der Waals surface area (Å²) in [5.41, 5.74) is 7.94. The molecule has 1 saturated carbocycles. The lowest BCUT2D eigenvalue weighted by molar-refractivity contribution is 0.205. The summed E-state index contributed by atoms with van der Waals surface area (Å²) in [7, 11) is 0.